The van der Waals surface area contributed by atoms with Gasteiger partial charge in [-0.3, -0.25) is 14.8 Å². The molecule has 3 N–H and O–H groups in total. The number of nitrogens with one attached hydrogen (secondary N) is 1. The number of anilines is 1. The van der Waals surface area contributed by atoms with Crippen LogP contribution in [-0.4, -0.2) is 49.9 Å². The van der Waals surface area contributed by atoms with E-state index < -0.39 is 0 Å². The minimum atomic E-state index is 0.224. The molecule has 0 atom stereocenters. The molecule has 0 aliphatic heterocycles. The monoisotopic (exact) mass is 483 g/mol. The first-order valence-electron chi connectivity index (χ1n) is 10.7. The van der Waals surface area contributed by atoms with E-state index in [-0.39, 0.29) is 5.82 Å². The van der Waals surface area contributed by atoms with Crippen molar-refractivity contribution in [3.05, 3.63) is 71.9 Å². The number of H-pyrrole nitrogens is 1. The average molecular weight is 484 g/mol. The molecule has 0 unspecified atom stereocenters. The summed E-state index contributed by atoms with van der Waals surface area (Å²) in [6, 6.07) is 13.3. The normalized spacial score (nSPS) is 11.4. The third kappa shape index (κ3) is 3.87. The SMILES string of the molecule is Cn1ccc(-c2nc(N)c(-c3cn(Cc4ccccn4)nn3)nc2-c2ccc3n[nH]c(Cl)c3c2)n1. The van der Waals surface area contributed by atoms with Crippen molar-refractivity contribution in [2.45, 2.75) is 6.54 Å². The lowest BCUT2D eigenvalue weighted by molar-refractivity contribution is 0.639. The van der Waals surface area contributed by atoms with Crippen LogP contribution >= 0.6 is 11.6 Å². The Balaban J connectivity index is 1.48. The zero-order valence-corrected chi connectivity index (χ0v) is 19.2. The molecule has 0 amide bonds. The van der Waals surface area contributed by atoms with Gasteiger partial charge in [-0.25, -0.2) is 14.6 Å². The quantitative estimate of drug-likeness (QED) is 0.380. The molecule has 0 aliphatic rings. The van der Waals surface area contributed by atoms with Crippen molar-refractivity contribution in [1.29, 1.82) is 0 Å². The van der Waals surface area contributed by atoms with E-state index >= 15 is 0 Å². The highest BCUT2D eigenvalue weighted by molar-refractivity contribution is 6.34. The number of nitrogens with two attached hydrogens (primary N) is 1. The highest BCUT2D eigenvalue weighted by Crippen LogP contribution is 2.35. The van der Waals surface area contributed by atoms with Gasteiger partial charge >= 0.3 is 0 Å². The van der Waals surface area contributed by atoms with Crippen molar-refractivity contribution in [3.63, 3.8) is 0 Å². The second-order valence-corrected chi connectivity index (χ2v) is 8.30. The van der Waals surface area contributed by atoms with E-state index in [4.69, 9.17) is 22.3 Å². The molecule has 0 radical (unpaired) electrons. The molecule has 35 heavy (non-hydrogen) atoms. The molecule has 0 aliphatic carbocycles. The minimum absolute atomic E-state index is 0.224. The van der Waals surface area contributed by atoms with Gasteiger partial charge in [-0.05, 0) is 30.3 Å². The molecular formula is C23H18ClN11. The maximum absolute atomic E-state index is 6.37. The molecule has 5 aromatic heterocycles. The Morgan fingerprint density at radius 2 is 1.94 bits per heavy atom. The highest BCUT2D eigenvalue weighted by atomic mass is 35.5. The first-order valence-corrected chi connectivity index (χ1v) is 11.0. The van der Waals surface area contributed by atoms with E-state index in [1.54, 1.807) is 21.8 Å². The van der Waals surface area contributed by atoms with Crippen molar-refractivity contribution in [2.75, 3.05) is 5.73 Å². The van der Waals surface area contributed by atoms with E-state index in [0.29, 0.717) is 40.2 Å². The van der Waals surface area contributed by atoms with Gasteiger partial charge in [0.25, 0.3) is 0 Å². The molecule has 172 valence electrons. The van der Waals surface area contributed by atoms with Crippen LogP contribution in [0.1, 0.15) is 5.69 Å². The van der Waals surface area contributed by atoms with Crippen LogP contribution in [0.15, 0.2) is 61.1 Å². The maximum Gasteiger partial charge on any atom is 0.152 e. The summed E-state index contributed by atoms with van der Waals surface area (Å²) >= 11 is 6.30. The van der Waals surface area contributed by atoms with E-state index in [1.807, 2.05) is 55.7 Å². The standard InChI is InChI=1S/C23H18ClN11/c1-34-9-7-17(32-34)20-19(13-5-6-16-15(10-13)22(24)31-29-16)27-21(23(25)28-20)18-12-35(33-30-18)11-14-4-2-3-8-26-14/h2-10,12H,11H2,1H3,(H2,25,28)(H,29,31). The summed E-state index contributed by atoms with van der Waals surface area (Å²) < 4.78 is 3.38. The van der Waals surface area contributed by atoms with Gasteiger partial charge < -0.3 is 5.73 Å². The molecule has 0 saturated heterocycles. The Hall–Kier alpha value is -4.64. The van der Waals surface area contributed by atoms with Crippen molar-refractivity contribution in [2.24, 2.45) is 7.05 Å². The number of halogens is 1. The van der Waals surface area contributed by atoms with Gasteiger partial charge in [-0.15, -0.1) is 5.10 Å². The zero-order chi connectivity index (χ0) is 23.9. The second kappa shape index (κ2) is 8.29. The van der Waals surface area contributed by atoms with Gasteiger partial charge in [0.15, 0.2) is 5.82 Å². The van der Waals surface area contributed by atoms with Crippen molar-refractivity contribution < 1.29 is 0 Å². The number of aromatic nitrogens is 10. The zero-order valence-electron chi connectivity index (χ0n) is 18.5. The van der Waals surface area contributed by atoms with Crippen molar-refractivity contribution in [3.8, 4) is 34.0 Å². The fourth-order valence-corrected chi connectivity index (χ4v) is 4.02. The molecule has 11 nitrogen and oxygen atoms in total. The van der Waals surface area contributed by atoms with E-state index in [9.17, 15) is 0 Å². The molecule has 0 bridgehead atoms. The number of pyridine rings is 1. The lowest BCUT2D eigenvalue weighted by Gasteiger charge is -2.11. The summed E-state index contributed by atoms with van der Waals surface area (Å²) in [6.45, 7) is 0.468. The van der Waals surface area contributed by atoms with Crippen LogP contribution in [0, 0.1) is 0 Å². The summed E-state index contributed by atoms with van der Waals surface area (Å²) in [4.78, 5) is 13.9. The number of aromatic amines is 1. The molecule has 0 saturated carbocycles. The van der Waals surface area contributed by atoms with E-state index in [0.717, 1.165) is 22.2 Å². The van der Waals surface area contributed by atoms with Crippen LogP contribution in [0.5, 0.6) is 0 Å². The Morgan fingerprint density at radius 3 is 2.74 bits per heavy atom. The van der Waals surface area contributed by atoms with Gasteiger partial charge in [-0.2, -0.15) is 10.2 Å². The number of hydrogen-bond donors (Lipinski definition) is 2. The number of hydrogen-bond acceptors (Lipinski definition) is 8. The van der Waals surface area contributed by atoms with Crippen molar-refractivity contribution >= 4 is 28.3 Å². The molecule has 6 rings (SSSR count). The Morgan fingerprint density at radius 1 is 1.03 bits per heavy atom. The van der Waals surface area contributed by atoms with Crippen LogP contribution in [-0.2, 0) is 13.6 Å². The highest BCUT2D eigenvalue weighted by Gasteiger charge is 2.21. The summed E-state index contributed by atoms with van der Waals surface area (Å²) in [7, 11) is 1.84. The summed E-state index contributed by atoms with van der Waals surface area (Å²) in [5, 5.41) is 21.2. The fraction of sp³-hybridized carbons (Fsp3) is 0.0870. The number of aryl methyl sites for hydroxylation is 1. The first-order chi connectivity index (χ1) is 17.0. The Kier molecular flexibility index (Phi) is 4.96. The van der Waals surface area contributed by atoms with Crippen LogP contribution in [0.3, 0.4) is 0 Å². The smallest absolute Gasteiger partial charge is 0.152 e. The van der Waals surface area contributed by atoms with Gasteiger partial charge in [-0.1, -0.05) is 28.9 Å². The lowest BCUT2D eigenvalue weighted by Crippen LogP contribution is -2.04. The Bertz CT molecular complexity index is 1670. The first kappa shape index (κ1) is 20.9. The van der Waals surface area contributed by atoms with Crippen LogP contribution in [0.2, 0.25) is 5.15 Å². The summed E-state index contributed by atoms with van der Waals surface area (Å²) in [5.74, 6) is 0.224. The number of benzene rings is 1. The number of nitrogen functional groups attached to an aromatic ring is 1. The van der Waals surface area contributed by atoms with Crippen LogP contribution in [0.4, 0.5) is 5.82 Å². The average Bonchev–Trinajstić information content (AvgIpc) is 3.60. The number of fused-ring (bicyclic) bond motifs is 1. The van der Waals surface area contributed by atoms with E-state index in [1.165, 1.54) is 0 Å². The maximum atomic E-state index is 6.37. The third-order valence-electron chi connectivity index (χ3n) is 5.49. The molecule has 0 spiro atoms. The predicted molar refractivity (Wildman–Crippen MR) is 131 cm³/mol. The van der Waals surface area contributed by atoms with E-state index in [2.05, 4.69) is 35.6 Å². The van der Waals surface area contributed by atoms with Gasteiger partial charge in [0.2, 0.25) is 0 Å². The van der Waals surface area contributed by atoms with Gasteiger partial charge in [0.05, 0.1) is 29.6 Å². The molecule has 5 heterocycles. The Labute approximate surface area is 203 Å². The third-order valence-corrected chi connectivity index (χ3v) is 5.78. The number of rotatable bonds is 5. The molecule has 0 fully saturated rings. The largest absolute Gasteiger partial charge is 0.382 e. The fourth-order valence-electron chi connectivity index (χ4n) is 3.83. The molecule has 1 aromatic carbocycles. The second-order valence-electron chi connectivity index (χ2n) is 7.92. The van der Waals surface area contributed by atoms with Crippen LogP contribution in [0.25, 0.3) is 44.9 Å². The topological polar surface area (TPSA) is 142 Å². The lowest BCUT2D eigenvalue weighted by atomic mass is 10.1. The number of nitrogens with zero attached hydrogens (tertiary/aromatic N) is 9. The predicted octanol–water partition coefficient (Wildman–Crippen LogP) is 3.36. The minimum Gasteiger partial charge on any atom is -0.382 e. The molecule has 6 aromatic rings. The molecule has 12 heteroatoms. The summed E-state index contributed by atoms with van der Waals surface area (Å²) in [5.41, 5.74) is 11.5. The van der Waals surface area contributed by atoms with Crippen molar-refractivity contribution in [1.82, 2.24) is 49.9 Å². The summed E-state index contributed by atoms with van der Waals surface area (Å²) in [6.07, 6.45) is 5.35. The molecular weight excluding hydrogens is 466 g/mol. The van der Waals surface area contributed by atoms with Crippen LogP contribution < -0.4 is 5.73 Å². The van der Waals surface area contributed by atoms with Gasteiger partial charge in [0.1, 0.15) is 27.9 Å². The van der Waals surface area contributed by atoms with Gasteiger partial charge in [0, 0.05) is 30.4 Å².